The van der Waals surface area contributed by atoms with Crippen LogP contribution in [0, 0.1) is 0 Å². The van der Waals surface area contributed by atoms with Gasteiger partial charge in [0.25, 0.3) is 0 Å². The average molecular weight is 329 g/mol. The highest BCUT2D eigenvalue weighted by Gasteiger charge is 2.23. The molecule has 0 aliphatic rings. The van der Waals surface area contributed by atoms with Gasteiger partial charge in [0.2, 0.25) is 15.9 Å². The van der Waals surface area contributed by atoms with Crippen molar-refractivity contribution >= 4 is 21.9 Å². The maximum absolute atomic E-state index is 12.2. The van der Waals surface area contributed by atoms with Gasteiger partial charge in [-0.3, -0.25) is 14.6 Å². The Morgan fingerprint density at radius 2 is 2.14 bits per heavy atom. The average Bonchev–Trinajstić information content (AvgIpc) is 2.45. The Morgan fingerprint density at radius 1 is 1.45 bits per heavy atom. The quantitative estimate of drug-likeness (QED) is 0.697. The molecule has 2 N–H and O–H groups in total. The molecule has 0 aliphatic heterocycles. The molecule has 0 fully saturated rings. The number of nitrogens with one attached hydrogen (secondary N) is 1. The van der Waals surface area contributed by atoms with Crippen molar-refractivity contribution in [3.8, 4) is 0 Å². The number of carboxylic acid groups (broad SMARTS) is 1. The van der Waals surface area contributed by atoms with E-state index in [-0.39, 0.29) is 30.3 Å². The third-order valence-electron chi connectivity index (χ3n) is 2.91. The Kier molecular flexibility index (Phi) is 6.44. The summed E-state index contributed by atoms with van der Waals surface area (Å²) < 4.78 is 25.3. The van der Waals surface area contributed by atoms with Gasteiger partial charge in [-0.1, -0.05) is 0 Å². The normalized spacial score (nSPS) is 12.9. The summed E-state index contributed by atoms with van der Waals surface area (Å²) >= 11 is 0. The van der Waals surface area contributed by atoms with Crippen molar-refractivity contribution in [2.24, 2.45) is 0 Å². The summed E-state index contributed by atoms with van der Waals surface area (Å²) in [6, 6.07) is 2.54. The second-order valence-electron chi connectivity index (χ2n) is 4.85. The van der Waals surface area contributed by atoms with Gasteiger partial charge in [-0.05, 0) is 25.5 Å². The predicted octanol–water partition coefficient (Wildman–Crippen LogP) is 0.0716. The SMILES string of the molecule is CC(CCC(=O)O)NC(=O)CN(C)S(=O)(=O)c1cccnc1. The van der Waals surface area contributed by atoms with Crippen molar-refractivity contribution in [3.05, 3.63) is 24.5 Å². The number of carboxylic acids is 1. The number of carbonyl (C=O) groups excluding carboxylic acids is 1. The number of amides is 1. The van der Waals surface area contributed by atoms with Gasteiger partial charge in [-0.25, -0.2) is 8.42 Å². The number of aliphatic carboxylic acids is 1. The van der Waals surface area contributed by atoms with Crippen LogP contribution in [0.4, 0.5) is 0 Å². The third-order valence-corrected chi connectivity index (χ3v) is 4.69. The highest BCUT2D eigenvalue weighted by atomic mass is 32.2. The minimum absolute atomic E-state index is 0.00391. The molecule has 0 saturated carbocycles. The molecule has 0 saturated heterocycles. The Morgan fingerprint density at radius 3 is 2.68 bits per heavy atom. The maximum Gasteiger partial charge on any atom is 0.303 e. The molecule has 9 heteroatoms. The topological polar surface area (TPSA) is 117 Å². The minimum Gasteiger partial charge on any atom is -0.481 e. The van der Waals surface area contributed by atoms with E-state index >= 15 is 0 Å². The van der Waals surface area contributed by atoms with Crippen LogP contribution < -0.4 is 5.32 Å². The van der Waals surface area contributed by atoms with Gasteiger partial charge in [-0.2, -0.15) is 4.31 Å². The lowest BCUT2D eigenvalue weighted by atomic mass is 10.2. The monoisotopic (exact) mass is 329 g/mol. The summed E-state index contributed by atoms with van der Waals surface area (Å²) in [5.74, 6) is -1.44. The molecule has 1 unspecified atom stereocenters. The van der Waals surface area contributed by atoms with Gasteiger partial charge in [-0.15, -0.1) is 0 Å². The molecule has 22 heavy (non-hydrogen) atoms. The number of hydrogen-bond donors (Lipinski definition) is 2. The maximum atomic E-state index is 12.2. The summed E-state index contributed by atoms with van der Waals surface area (Å²) in [6.45, 7) is 1.31. The molecule has 1 aromatic rings. The molecule has 1 amide bonds. The Balaban J connectivity index is 2.59. The van der Waals surface area contributed by atoms with E-state index < -0.39 is 21.9 Å². The standard InChI is InChI=1S/C13H19N3O5S/c1-10(5-6-13(18)19)15-12(17)9-16(2)22(20,21)11-4-3-7-14-8-11/h3-4,7-8,10H,5-6,9H2,1-2H3,(H,15,17)(H,18,19). The molecule has 0 bridgehead atoms. The van der Waals surface area contributed by atoms with Gasteiger partial charge in [0, 0.05) is 31.9 Å². The van der Waals surface area contributed by atoms with Crippen molar-refractivity contribution in [1.29, 1.82) is 0 Å². The summed E-state index contributed by atoms with van der Waals surface area (Å²) in [5.41, 5.74) is 0. The van der Waals surface area contributed by atoms with Crippen LogP contribution in [0.25, 0.3) is 0 Å². The van der Waals surface area contributed by atoms with Crippen LogP contribution in [0.1, 0.15) is 19.8 Å². The van der Waals surface area contributed by atoms with Crippen LogP contribution in [0.3, 0.4) is 0 Å². The molecule has 1 atom stereocenters. The van der Waals surface area contributed by atoms with Crippen molar-refractivity contribution in [3.63, 3.8) is 0 Å². The second-order valence-corrected chi connectivity index (χ2v) is 6.90. The largest absolute Gasteiger partial charge is 0.481 e. The van der Waals surface area contributed by atoms with Crippen LogP contribution in [-0.4, -0.2) is 54.3 Å². The lowest BCUT2D eigenvalue weighted by Gasteiger charge is -2.18. The Bertz CT molecular complexity index is 618. The molecular weight excluding hydrogens is 310 g/mol. The zero-order chi connectivity index (χ0) is 16.8. The van der Waals surface area contributed by atoms with E-state index in [4.69, 9.17) is 5.11 Å². The first-order valence-electron chi connectivity index (χ1n) is 6.61. The molecule has 122 valence electrons. The molecule has 0 aromatic carbocycles. The second kappa shape index (κ2) is 7.85. The fourth-order valence-corrected chi connectivity index (χ4v) is 2.79. The van der Waals surface area contributed by atoms with Crippen LogP contribution in [0.2, 0.25) is 0 Å². The van der Waals surface area contributed by atoms with Crippen LogP contribution in [0.15, 0.2) is 29.4 Å². The zero-order valence-electron chi connectivity index (χ0n) is 12.4. The van der Waals surface area contributed by atoms with Crippen molar-refractivity contribution in [1.82, 2.24) is 14.6 Å². The number of pyridine rings is 1. The first-order chi connectivity index (χ1) is 10.2. The lowest BCUT2D eigenvalue weighted by Crippen LogP contribution is -2.41. The van der Waals surface area contributed by atoms with Crippen molar-refractivity contribution in [2.75, 3.05) is 13.6 Å². The fraction of sp³-hybridized carbons (Fsp3) is 0.462. The minimum atomic E-state index is -3.78. The molecule has 0 spiro atoms. The number of nitrogens with zero attached hydrogens (tertiary/aromatic N) is 2. The zero-order valence-corrected chi connectivity index (χ0v) is 13.2. The molecule has 0 radical (unpaired) electrons. The van der Waals surface area contributed by atoms with Crippen LogP contribution in [0.5, 0.6) is 0 Å². The highest BCUT2D eigenvalue weighted by molar-refractivity contribution is 7.89. The molecule has 1 heterocycles. The molecule has 1 rings (SSSR count). The summed E-state index contributed by atoms with van der Waals surface area (Å²) in [5, 5.41) is 11.1. The fourth-order valence-electron chi connectivity index (χ4n) is 1.70. The van der Waals surface area contributed by atoms with Crippen molar-refractivity contribution < 1.29 is 23.1 Å². The van der Waals surface area contributed by atoms with Crippen molar-refractivity contribution in [2.45, 2.75) is 30.7 Å². The van der Waals surface area contributed by atoms with E-state index in [0.717, 1.165) is 4.31 Å². The number of likely N-dealkylation sites (N-methyl/N-ethyl adjacent to an activating group) is 1. The third kappa shape index (κ3) is 5.41. The highest BCUT2D eigenvalue weighted by Crippen LogP contribution is 2.11. The van der Waals surface area contributed by atoms with E-state index in [1.54, 1.807) is 6.92 Å². The molecule has 8 nitrogen and oxygen atoms in total. The molecular formula is C13H19N3O5S. The summed E-state index contributed by atoms with van der Waals surface area (Å²) in [6.07, 6.45) is 2.88. The molecule has 1 aromatic heterocycles. The Labute approximate surface area is 129 Å². The van der Waals surface area contributed by atoms with E-state index in [9.17, 15) is 18.0 Å². The van der Waals surface area contributed by atoms with Gasteiger partial charge in [0.05, 0.1) is 6.54 Å². The van der Waals surface area contributed by atoms with E-state index in [1.807, 2.05) is 0 Å². The van der Waals surface area contributed by atoms with Crippen LogP contribution >= 0.6 is 0 Å². The Hall–Kier alpha value is -2.00. The van der Waals surface area contributed by atoms with E-state index in [2.05, 4.69) is 10.3 Å². The van der Waals surface area contributed by atoms with Gasteiger partial charge in [0.1, 0.15) is 4.90 Å². The molecule has 0 aliphatic carbocycles. The summed E-state index contributed by atoms with van der Waals surface area (Å²) in [4.78, 5) is 26.0. The summed E-state index contributed by atoms with van der Waals surface area (Å²) in [7, 11) is -2.48. The number of hydrogen-bond acceptors (Lipinski definition) is 5. The van der Waals surface area contributed by atoms with Gasteiger partial charge in [0.15, 0.2) is 0 Å². The number of rotatable bonds is 8. The first kappa shape index (κ1) is 18.1. The first-order valence-corrected chi connectivity index (χ1v) is 8.05. The predicted molar refractivity (Wildman–Crippen MR) is 78.5 cm³/mol. The number of carbonyl (C=O) groups is 2. The van der Waals surface area contributed by atoms with Gasteiger partial charge < -0.3 is 10.4 Å². The number of sulfonamides is 1. The van der Waals surface area contributed by atoms with E-state index in [0.29, 0.717) is 0 Å². The smallest absolute Gasteiger partial charge is 0.303 e. The van der Waals surface area contributed by atoms with Crippen LogP contribution in [-0.2, 0) is 19.6 Å². The van der Waals surface area contributed by atoms with Gasteiger partial charge >= 0.3 is 5.97 Å². The lowest BCUT2D eigenvalue weighted by molar-refractivity contribution is -0.137. The number of aromatic nitrogens is 1. The van der Waals surface area contributed by atoms with E-state index in [1.165, 1.54) is 31.6 Å².